The largest absolute Gasteiger partial charge is 0.378 e. The average molecular weight is 215 g/mol. The first-order chi connectivity index (χ1) is 7.22. The Morgan fingerprint density at radius 3 is 2.87 bits per heavy atom. The lowest BCUT2D eigenvalue weighted by molar-refractivity contribution is -0.0173. The van der Waals surface area contributed by atoms with Crippen molar-refractivity contribution in [1.29, 1.82) is 0 Å². The molecule has 2 unspecified atom stereocenters. The molecule has 1 heterocycles. The summed E-state index contributed by atoms with van der Waals surface area (Å²) in [6, 6.07) is 0.581. The number of hydrogen-bond acceptors (Lipinski definition) is 3. The van der Waals surface area contributed by atoms with E-state index in [-0.39, 0.29) is 5.60 Å². The maximum Gasteiger partial charge on any atom is 0.106 e. The van der Waals surface area contributed by atoms with Crippen LogP contribution in [0.5, 0.6) is 0 Å². The number of ether oxygens (including phenoxy) is 2. The fourth-order valence-electron chi connectivity index (χ4n) is 1.93. The summed E-state index contributed by atoms with van der Waals surface area (Å²) in [5.41, 5.74) is -0.0690. The third kappa shape index (κ3) is 4.09. The molecular weight excluding hydrogens is 190 g/mol. The average Bonchev–Trinajstić information content (AvgIpc) is 2.73. The summed E-state index contributed by atoms with van der Waals surface area (Å²) in [6.07, 6.45) is 4.82. The minimum atomic E-state index is -0.0690. The van der Waals surface area contributed by atoms with Gasteiger partial charge < -0.3 is 14.8 Å². The summed E-state index contributed by atoms with van der Waals surface area (Å²) >= 11 is 0. The Hall–Kier alpha value is -0.120. The lowest BCUT2D eigenvalue weighted by Crippen LogP contribution is -2.45. The molecule has 0 aromatic rings. The van der Waals surface area contributed by atoms with E-state index < -0.39 is 0 Å². The van der Waals surface area contributed by atoms with Crippen LogP contribution in [-0.2, 0) is 9.47 Å². The van der Waals surface area contributed by atoms with E-state index in [0.717, 1.165) is 26.2 Å². The van der Waals surface area contributed by atoms with Gasteiger partial charge in [-0.2, -0.15) is 0 Å². The standard InChI is InChI=1S/C12H25NO2/c1-4-5-6-11(2)13-9-12(14-3)7-8-15-10-12/h11,13H,4-10H2,1-3H3. The molecule has 15 heavy (non-hydrogen) atoms. The van der Waals surface area contributed by atoms with Gasteiger partial charge in [-0.05, 0) is 13.3 Å². The third-order valence-corrected chi connectivity index (χ3v) is 3.26. The molecule has 0 spiro atoms. The van der Waals surface area contributed by atoms with Crippen LogP contribution in [0.15, 0.2) is 0 Å². The predicted octanol–water partition coefficient (Wildman–Crippen LogP) is 1.96. The number of hydrogen-bond donors (Lipinski definition) is 1. The molecule has 3 nitrogen and oxygen atoms in total. The van der Waals surface area contributed by atoms with Gasteiger partial charge in [0.25, 0.3) is 0 Å². The fraction of sp³-hybridized carbons (Fsp3) is 1.00. The SMILES string of the molecule is CCCCC(C)NCC1(OC)CCOC1. The molecular formula is C12H25NO2. The van der Waals surface area contributed by atoms with E-state index in [4.69, 9.17) is 9.47 Å². The molecule has 1 aliphatic rings. The van der Waals surface area contributed by atoms with E-state index >= 15 is 0 Å². The van der Waals surface area contributed by atoms with Crippen molar-refractivity contribution in [3.05, 3.63) is 0 Å². The highest BCUT2D eigenvalue weighted by Gasteiger charge is 2.34. The Bertz CT molecular complexity index is 167. The summed E-state index contributed by atoms with van der Waals surface area (Å²) in [7, 11) is 1.78. The molecule has 1 rings (SSSR count). The minimum absolute atomic E-state index is 0.0690. The van der Waals surface area contributed by atoms with Crippen LogP contribution in [0.3, 0.4) is 0 Å². The van der Waals surface area contributed by atoms with Crippen molar-refractivity contribution in [3.63, 3.8) is 0 Å². The zero-order valence-electron chi connectivity index (χ0n) is 10.3. The van der Waals surface area contributed by atoms with E-state index in [9.17, 15) is 0 Å². The topological polar surface area (TPSA) is 30.5 Å². The zero-order chi connectivity index (χ0) is 11.1. The molecule has 90 valence electrons. The van der Waals surface area contributed by atoms with Crippen LogP contribution in [0.4, 0.5) is 0 Å². The Morgan fingerprint density at radius 2 is 2.33 bits per heavy atom. The van der Waals surface area contributed by atoms with Crippen LogP contribution in [0.2, 0.25) is 0 Å². The summed E-state index contributed by atoms with van der Waals surface area (Å²) in [4.78, 5) is 0. The molecule has 1 fully saturated rings. The molecule has 0 radical (unpaired) electrons. The van der Waals surface area contributed by atoms with Gasteiger partial charge in [0, 0.05) is 32.7 Å². The van der Waals surface area contributed by atoms with E-state index in [1.807, 2.05) is 0 Å². The fourth-order valence-corrected chi connectivity index (χ4v) is 1.93. The predicted molar refractivity (Wildman–Crippen MR) is 62.2 cm³/mol. The van der Waals surface area contributed by atoms with Crippen molar-refractivity contribution < 1.29 is 9.47 Å². The molecule has 0 bridgehead atoms. The van der Waals surface area contributed by atoms with Gasteiger partial charge in [0.05, 0.1) is 6.61 Å². The lowest BCUT2D eigenvalue weighted by atomic mass is 10.0. The van der Waals surface area contributed by atoms with Gasteiger partial charge in [0.15, 0.2) is 0 Å². The molecule has 2 atom stereocenters. The smallest absolute Gasteiger partial charge is 0.106 e. The second-order valence-corrected chi connectivity index (χ2v) is 4.61. The van der Waals surface area contributed by atoms with Crippen molar-refractivity contribution in [1.82, 2.24) is 5.32 Å². The summed E-state index contributed by atoms with van der Waals surface area (Å²) in [5.74, 6) is 0. The van der Waals surface area contributed by atoms with Crippen molar-refractivity contribution in [2.45, 2.75) is 51.2 Å². The van der Waals surface area contributed by atoms with Gasteiger partial charge in [0.2, 0.25) is 0 Å². The maximum atomic E-state index is 5.57. The van der Waals surface area contributed by atoms with Gasteiger partial charge in [-0.1, -0.05) is 19.8 Å². The highest BCUT2D eigenvalue weighted by Crippen LogP contribution is 2.21. The lowest BCUT2D eigenvalue weighted by Gasteiger charge is -2.28. The maximum absolute atomic E-state index is 5.57. The van der Waals surface area contributed by atoms with E-state index in [0.29, 0.717) is 6.04 Å². The quantitative estimate of drug-likeness (QED) is 0.704. The van der Waals surface area contributed by atoms with Gasteiger partial charge in [0.1, 0.15) is 5.60 Å². The number of unbranched alkanes of at least 4 members (excludes halogenated alkanes) is 1. The highest BCUT2D eigenvalue weighted by atomic mass is 16.5. The van der Waals surface area contributed by atoms with E-state index in [1.165, 1.54) is 19.3 Å². The molecule has 3 heteroatoms. The van der Waals surface area contributed by atoms with Crippen molar-refractivity contribution in [3.8, 4) is 0 Å². The third-order valence-electron chi connectivity index (χ3n) is 3.26. The van der Waals surface area contributed by atoms with Crippen molar-refractivity contribution >= 4 is 0 Å². The first-order valence-electron chi connectivity index (χ1n) is 6.09. The summed E-state index contributed by atoms with van der Waals surface area (Å²) in [5, 5.41) is 3.55. The first kappa shape index (κ1) is 12.9. The molecule has 0 amide bonds. The normalized spacial score (nSPS) is 28.2. The van der Waals surface area contributed by atoms with Crippen LogP contribution in [0.1, 0.15) is 39.5 Å². The molecule has 0 aromatic heterocycles. The summed E-state index contributed by atoms with van der Waals surface area (Å²) in [6.45, 7) is 6.95. The number of methoxy groups -OCH3 is 1. The Balaban J connectivity index is 2.21. The van der Waals surface area contributed by atoms with Crippen LogP contribution in [-0.4, -0.2) is 38.5 Å². The highest BCUT2D eigenvalue weighted by molar-refractivity contribution is 4.87. The van der Waals surface area contributed by atoms with Gasteiger partial charge >= 0.3 is 0 Å². The van der Waals surface area contributed by atoms with Crippen LogP contribution >= 0.6 is 0 Å². The van der Waals surface area contributed by atoms with Crippen LogP contribution in [0, 0.1) is 0 Å². The van der Waals surface area contributed by atoms with Gasteiger partial charge in [-0.3, -0.25) is 0 Å². The van der Waals surface area contributed by atoms with Crippen molar-refractivity contribution in [2.24, 2.45) is 0 Å². The van der Waals surface area contributed by atoms with E-state index in [2.05, 4.69) is 19.2 Å². The van der Waals surface area contributed by atoms with Crippen LogP contribution in [0.25, 0.3) is 0 Å². The van der Waals surface area contributed by atoms with Crippen molar-refractivity contribution in [2.75, 3.05) is 26.9 Å². The Kier molecular flexibility index (Phi) is 5.58. The first-order valence-corrected chi connectivity index (χ1v) is 6.09. The molecule has 0 saturated carbocycles. The Morgan fingerprint density at radius 1 is 1.53 bits per heavy atom. The van der Waals surface area contributed by atoms with Crippen LogP contribution < -0.4 is 5.32 Å². The number of nitrogens with one attached hydrogen (secondary N) is 1. The van der Waals surface area contributed by atoms with Gasteiger partial charge in [-0.15, -0.1) is 0 Å². The van der Waals surface area contributed by atoms with E-state index in [1.54, 1.807) is 7.11 Å². The molecule has 0 aliphatic carbocycles. The van der Waals surface area contributed by atoms with Gasteiger partial charge in [-0.25, -0.2) is 0 Å². The second-order valence-electron chi connectivity index (χ2n) is 4.61. The second kappa shape index (κ2) is 6.46. The zero-order valence-corrected chi connectivity index (χ0v) is 10.3. The molecule has 1 saturated heterocycles. The number of rotatable bonds is 7. The molecule has 0 aromatic carbocycles. The molecule has 1 N–H and O–H groups in total. The Labute approximate surface area is 93.5 Å². The minimum Gasteiger partial charge on any atom is -0.378 e. The summed E-state index contributed by atoms with van der Waals surface area (Å²) < 4.78 is 11.0. The monoisotopic (exact) mass is 215 g/mol. The molecule has 1 aliphatic heterocycles.